The molecule has 0 aliphatic carbocycles. The molecule has 3 aromatic rings. The van der Waals surface area contributed by atoms with Gasteiger partial charge in [-0.15, -0.1) is 0 Å². The summed E-state index contributed by atoms with van der Waals surface area (Å²) in [5, 5.41) is 11.6. The van der Waals surface area contributed by atoms with Crippen molar-refractivity contribution in [1.29, 1.82) is 0 Å². The first-order chi connectivity index (χ1) is 11.0. The largest absolute Gasteiger partial charge is 0.494 e. The number of hydrogen-bond acceptors (Lipinski definition) is 3. The molecule has 4 nitrogen and oxygen atoms in total. The lowest BCUT2D eigenvalue weighted by molar-refractivity contribution is 0.416. The summed E-state index contributed by atoms with van der Waals surface area (Å²) < 4.78 is 6.24. The second kappa shape index (κ2) is 6.26. The van der Waals surface area contributed by atoms with E-state index < -0.39 is 0 Å². The first kappa shape index (κ1) is 15.9. The Kier molecular flexibility index (Phi) is 4.33. The fraction of sp³-hybridized carbons (Fsp3) is 0.118. The van der Waals surface area contributed by atoms with Gasteiger partial charge in [0.15, 0.2) is 5.88 Å². The summed E-state index contributed by atoms with van der Waals surface area (Å²) in [4.78, 5) is 7.39. The highest BCUT2D eigenvalue weighted by molar-refractivity contribution is 9.10. The summed E-state index contributed by atoms with van der Waals surface area (Å²) in [6, 6.07) is 9.31. The molecule has 6 heteroatoms. The van der Waals surface area contributed by atoms with Crippen LogP contribution in [0.15, 0.2) is 39.8 Å². The molecular weight excluding hydrogens is 380 g/mol. The van der Waals surface area contributed by atoms with E-state index in [1.165, 1.54) is 0 Å². The average Bonchev–Trinajstić information content (AvgIpc) is 2.83. The zero-order valence-corrected chi connectivity index (χ0v) is 14.9. The molecule has 0 amide bonds. The Morgan fingerprint density at radius 1 is 1.30 bits per heavy atom. The molecule has 1 heterocycles. The van der Waals surface area contributed by atoms with Crippen LogP contribution in [0.4, 0.5) is 5.69 Å². The van der Waals surface area contributed by atoms with Crippen LogP contribution in [0.2, 0.25) is 5.02 Å². The van der Waals surface area contributed by atoms with Gasteiger partial charge in [-0.1, -0.05) is 27.5 Å². The van der Waals surface area contributed by atoms with Crippen LogP contribution in [0.3, 0.4) is 0 Å². The number of aromatic nitrogens is 1. The van der Waals surface area contributed by atoms with Crippen LogP contribution in [0.1, 0.15) is 11.1 Å². The SMILES string of the molecule is COc1cc(Cl)c(C)cc1N=Cc1c(O)[nH]c2ccc(Br)cc12. The second-order valence-electron chi connectivity index (χ2n) is 5.11. The lowest BCUT2D eigenvalue weighted by Crippen LogP contribution is -1.87. The molecule has 1 aromatic heterocycles. The zero-order valence-electron chi connectivity index (χ0n) is 12.5. The highest BCUT2D eigenvalue weighted by Crippen LogP contribution is 2.34. The standard InChI is InChI=1S/C17H14BrClN2O2/c1-9-5-15(16(23-2)7-13(9)19)20-8-12-11-6-10(18)3-4-14(11)21-17(12)22/h3-8,21-22H,1-2H3. The quantitative estimate of drug-likeness (QED) is 0.589. The van der Waals surface area contributed by atoms with E-state index in [4.69, 9.17) is 16.3 Å². The van der Waals surface area contributed by atoms with Gasteiger partial charge in [-0.3, -0.25) is 4.99 Å². The van der Waals surface area contributed by atoms with E-state index in [9.17, 15) is 5.11 Å². The van der Waals surface area contributed by atoms with Gasteiger partial charge in [-0.25, -0.2) is 0 Å². The molecule has 0 bridgehead atoms. The summed E-state index contributed by atoms with van der Waals surface area (Å²) in [5.74, 6) is 0.656. The van der Waals surface area contributed by atoms with E-state index in [0.717, 1.165) is 20.9 Å². The van der Waals surface area contributed by atoms with Crippen LogP contribution in [-0.2, 0) is 0 Å². The van der Waals surface area contributed by atoms with E-state index >= 15 is 0 Å². The first-order valence-corrected chi connectivity index (χ1v) is 8.05. The maximum Gasteiger partial charge on any atom is 0.198 e. The number of methoxy groups -OCH3 is 1. The predicted octanol–water partition coefficient (Wildman–Crippen LogP) is 5.36. The summed E-state index contributed by atoms with van der Waals surface area (Å²) in [6.45, 7) is 1.90. The van der Waals surface area contributed by atoms with E-state index in [2.05, 4.69) is 25.9 Å². The van der Waals surface area contributed by atoms with Gasteiger partial charge in [0.25, 0.3) is 0 Å². The van der Waals surface area contributed by atoms with E-state index in [-0.39, 0.29) is 5.88 Å². The van der Waals surface area contributed by atoms with Gasteiger partial charge in [0.1, 0.15) is 11.4 Å². The predicted molar refractivity (Wildman–Crippen MR) is 97.7 cm³/mol. The number of aliphatic imine (C=N–C) groups is 1. The zero-order chi connectivity index (χ0) is 16.6. The molecule has 2 aromatic carbocycles. The molecule has 0 aliphatic rings. The van der Waals surface area contributed by atoms with Crippen LogP contribution < -0.4 is 4.74 Å². The molecular formula is C17H14BrClN2O2. The van der Waals surface area contributed by atoms with Crippen molar-refractivity contribution in [3.8, 4) is 11.6 Å². The van der Waals surface area contributed by atoms with Gasteiger partial charge in [0.2, 0.25) is 0 Å². The molecule has 0 fully saturated rings. The van der Waals surface area contributed by atoms with Crippen molar-refractivity contribution in [1.82, 2.24) is 4.98 Å². The highest BCUT2D eigenvalue weighted by Gasteiger charge is 2.10. The number of nitrogens with zero attached hydrogens (tertiary/aromatic N) is 1. The van der Waals surface area contributed by atoms with E-state index in [1.54, 1.807) is 19.4 Å². The number of H-pyrrole nitrogens is 1. The Labute approximate surface area is 146 Å². The molecule has 0 saturated carbocycles. The molecule has 0 saturated heterocycles. The highest BCUT2D eigenvalue weighted by atomic mass is 79.9. The maximum absolute atomic E-state index is 10.1. The molecule has 0 radical (unpaired) electrons. The number of aryl methyl sites for hydroxylation is 1. The molecule has 0 spiro atoms. The van der Waals surface area contributed by atoms with Crippen LogP contribution >= 0.6 is 27.5 Å². The number of nitrogens with one attached hydrogen (secondary N) is 1. The topological polar surface area (TPSA) is 57.6 Å². The third-order valence-electron chi connectivity index (χ3n) is 3.57. The van der Waals surface area contributed by atoms with E-state index in [0.29, 0.717) is 22.0 Å². The van der Waals surface area contributed by atoms with Crippen molar-refractivity contribution in [2.24, 2.45) is 4.99 Å². The Morgan fingerprint density at radius 2 is 2.09 bits per heavy atom. The number of hydrogen-bond donors (Lipinski definition) is 2. The summed E-state index contributed by atoms with van der Waals surface area (Å²) in [7, 11) is 1.57. The van der Waals surface area contributed by atoms with Crippen LogP contribution in [0.5, 0.6) is 11.6 Å². The monoisotopic (exact) mass is 392 g/mol. The molecule has 0 atom stereocenters. The third kappa shape index (κ3) is 3.07. The Morgan fingerprint density at radius 3 is 2.83 bits per heavy atom. The van der Waals surface area contributed by atoms with Crippen molar-refractivity contribution in [3.63, 3.8) is 0 Å². The molecule has 118 valence electrons. The summed E-state index contributed by atoms with van der Waals surface area (Å²) >= 11 is 9.54. The smallest absolute Gasteiger partial charge is 0.198 e. The first-order valence-electron chi connectivity index (χ1n) is 6.88. The maximum atomic E-state index is 10.1. The van der Waals surface area contributed by atoms with Crippen LogP contribution in [0.25, 0.3) is 10.9 Å². The number of aromatic amines is 1. The van der Waals surface area contributed by atoms with Gasteiger partial charge in [0, 0.05) is 32.7 Å². The Hall–Kier alpha value is -1.98. The number of ether oxygens (including phenoxy) is 1. The van der Waals surface area contributed by atoms with Crippen molar-refractivity contribution >= 4 is 50.3 Å². The number of halogens is 2. The van der Waals surface area contributed by atoms with Crippen LogP contribution in [0, 0.1) is 6.92 Å². The van der Waals surface area contributed by atoms with Gasteiger partial charge in [-0.2, -0.15) is 0 Å². The number of aromatic hydroxyl groups is 1. The fourth-order valence-corrected chi connectivity index (χ4v) is 2.86. The minimum atomic E-state index is 0.0755. The molecule has 3 rings (SSSR count). The normalized spacial score (nSPS) is 11.5. The fourth-order valence-electron chi connectivity index (χ4n) is 2.35. The van der Waals surface area contributed by atoms with Crippen molar-refractivity contribution in [3.05, 3.63) is 51.0 Å². The van der Waals surface area contributed by atoms with Gasteiger partial charge in [0.05, 0.1) is 12.7 Å². The molecule has 23 heavy (non-hydrogen) atoms. The van der Waals surface area contributed by atoms with Gasteiger partial charge < -0.3 is 14.8 Å². The summed E-state index contributed by atoms with van der Waals surface area (Å²) in [5.41, 5.74) is 3.02. The lowest BCUT2D eigenvalue weighted by Gasteiger charge is -2.07. The minimum absolute atomic E-state index is 0.0755. The second-order valence-corrected chi connectivity index (χ2v) is 6.43. The molecule has 2 N–H and O–H groups in total. The molecule has 0 aliphatic heterocycles. The Balaban J connectivity index is 2.09. The average molecular weight is 394 g/mol. The van der Waals surface area contributed by atoms with Crippen molar-refractivity contribution in [2.75, 3.05) is 7.11 Å². The summed E-state index contributed by atoms with van der Waals surface area (Å²) in [6.07, 6.45) is 1.62. The lowest BCUT2D eigenvalue weighted by atomic mass is 10.2. The van der Waals surface area contributed by atoms with Crippen LogP contribution in [-0.4, -0.2) is 23.4 Å². The number of benzene rings is 2. The van der Waals surface area contributed by atoms with Gasteiger partial charge >= 0.3 is 0 Å². The van der Waals surface area contributed by atoms with Gasteiger partial charge in [-0.05, 0) is 36.8 Å². The minimum Gasteiger partial charge on any atom is -0.494 e. The van der Waals surface area contributed by atoms with Crippen molar-refractivity contribution in [2.45, 2.75) is 6.92 Å². The number of fused-ring (bicyclic) bond motifs is 1. The molecule has 0 unspecified atom stereocenters. The van der Waals surface area contributed by atoms with Crippen molar-refractivity contribution < 1.29 is 9.84 Å². The number of rotatable bonds is 3. The Bertz CT molecular complexity index is 919. The third-order valence-corrected chi connectivity index (χ3v) is 4.47. The van der Waals surface area contributed by atoms with E-state index in [1.807, 2.05) is 31.2 Å².